The van der Waals surface area contributed by atoms with E-state index in [-0.39, 0.29) is 6.42 Å². The number of halogens is 1. The summed E-state index contributed by atoms with van der Waals surface area (Å²) < 4.78 is 18.0. The zero-order chi connectivity index (χ0) is 11.3. The summed E-state index contributed by atoms with van der Waals surface area (Å²) in [6.07, 6.45) is 5.04. The topological polar surface area (TPSA) is 26.3 Å². The normalized spacial score (nSPS) is 9.40. The summed E-state index contributed by atoms with van der Waals surface area (Å²) in [4.78, 5) is 11.1. The zero-order valence-corrected chi connectivity index (χ0v) is 8.42. The number of carbonyl (C=O) groups is 1. The van der Waals surface area contributed by atoms with Gasteiger partial charge in [0, 0.05) is 5.56 Å². The predicted molar refractivity (Wildman–Crippen MR) is 54.7 cm³/mol. The van der Waals surface area contributed by atoms with Gasteiger partial charge in [0.05, 0.1) is 13.0 Å². The van der Waals surface area contributed by atoms with Crippen LogP contribution < -0.4 is 0 Å². The Labute approximate surface area is 88.1 Å². The number of esters is 1. The van der Waals surface area contributed by atoms with Crippen LogP contribution in [-0.2, 0) is 16.0 Å². The van der Waals surface area contributed by atoms with Gasteiger partial charge in [-0.3, -0.25) is 4.79 Å². The number of hydrogen-bond acceptors (Lipinski definition) is 2. The maximum atomic E-state index is 13.3. The first kappa shape index (κ1) is 11.3. The fourth-order valence-corrected chi connectivity index (χ4v) is 1.15. The molecule has 0 amide bonds. The van der Waals surface area contributed by atoms with Gasteiger partial charge in [-0.15, -0.1) is 6.42 Å². The summed E-state index contributed by atoms with van der Waals surface area (Å²) in [5, 5.41) is 0. The number of rotatable bonds is 3. The van der Waals surface area contributed by atoms with Crippen LogP contribution in [0, 0.1) is 18.2 Å². The molecule has 78 valence electrons. The molecule has 0 saturated carbocycles. The third kappa shape index (κ3) is 3.10. The van der Waals surface area contributed by atoms with Crippen molar-refractivity contribution in [1.29, 1.82) is 0 Å². The minimum absolute atomic E-state index is 0.0650. The fourth-order valence-electron chi connectivity index (χ4n) is 1.15. The number of carbonyl (C=O) groups excluding carboxylic acids is 1. The van der Waals surface area contributed by atoms with Crippen molar-refractivity contribution < 1.29 is 13.9 Å². The molecule has 0 radical (unpaired) electrons. The van der Waals surface area contributed by atoms with Gasteiger partial charge < -0.3 is 4.74 Å². The maximum Gasteiger partial charge on any atom is 0.310 e. The SMILES string of the molecule is C#Cc1ccc(CC(=O)OCC)c(F)c1. The highest BCUT2D eigenvalue weighted by molar-refractivity contribution is 5.72. The molecule has 0 aliphatic rings. The summed E-state index contributed by atoms with van der Waals surface area (Å²) >= 11 is 0. The summed E-state index contributed by atoms with van der Waals surface area (Å²) in [5.74, 6) is 1.40. The first-order chi connectivity index (χ1) is 7.17. The molecule has 1 rings (SSSR count). The lowest BCUT2D eigenvalue weighted by Gasteiger charge is -2.03. The van der Waals surface area contributed by atoms with Crippen LogP contribution in [-0.4, -0.2) is 12.6 Å². The molecule has 15 heavy (non-hydrogen) atoms. The van der Waals surface area contributed by atoms with Crippen LogP contribution in [0.1, 0.15) is 18.1 Å². The number of hydrogen-bond donors (Lipinski definition) is 0. The van der Waals surface area contributed by atoms with E-state index in [1.807, 2.05) is 0 Å². The molecule has 1 aromatic carbocycles. The van der Waals surface area contributed by atoms with Crippen molar-refractivity contribution in [2.45, 2.75) is 13.3 Å². The maximum absolute atomic E-state index is 13.3. The van der Waals surface area contributed by atoms with E-state index in [2.05, 4.69) is 5.92 Å². The van der Waals surface area contributed by atoms with Gasteiger partial charge in [-0.2, -0.15) is 0 Å². The fraction of sp³-hybridized carbons (Fsp3) is 0.250. The Morgan fingerprint density at radius 3 is 2.87 bits per heavy atom. The quantitative estimate of drug-likeness (QED) is 0.557. The summed E-state index contributed by atoms with van der Waals surface area (Å²) in [6, 6.07) is 4.33. The van der Waals surface area contributed by atoms with Crippen LogP contribution >= 0.6 is 0 Å². The van der Waals surface area contributed by atoms with Gasteiger partial charge in [-0.25, -0.2) is 4.39 Å². The second-order valence-electron chi connectivity index (χ2n) is 2.93. The smallest absolute Gasteiger partial charge is 0.310 e. The highest BCUT2D eigenvalue weighted by atomic mass is 19.1. The largest absolute Gasteiger partial charge is 0.466 e. The first-order valence-electron chi connectivity index (χ1n) is 4.58. The molecule has 0 bridgehead atoms. The molecule has 1 aromatic rings. The average Bonchev–Trinajstić information content (AvgIpc) is 2.21. The highest BCUT2D eigenvalue weighted by Gasteiger charge is 2.08. The van der Waals surface area contributed by atoms with E-state index in [4.69, 9.17) is 11.2 Å². The molecule has 0 aliphatic heterocycles. The van der Waals surface area contributed by atoms with E-state index in [1.54, 1.807) is 13.0 Å². The molecule has 0 unspecified atom stereocenters. The van der Waals surface area contributed by atoms with E-state index < -0.39 is 11.8 Å². The number of benzene rings is 1. The van der Waals surface area contributed by atoms with Crippen molar-refractivity contribution in [3.63, 3.8) is 0 Å². The van der Waals surface area contributed by atoms with Gasteiger partial charge in [0.15, 0.2) is 0 Å². The van der Waals surface area contributed by atoms with Gasteiger partial charge in [0.2, 0.25) is 0 Å². The Balaban J connectivity index is 2.79. The van der Waals surface area contributed by atoms with Gasteiger partial charge in [-0.05, 0) is 24.6 Å². The van der Waals surface area contributed by atoms with Crippen molar-refractivity contribution in [2.75, 3.05) is 6.61 Å². The third-order valence-corrected chi connectivity index (χ3v) is 1.86. The van der Waals surface area contributed by atoms with Crippen LogP contribution in [0.4, 0.5) is 4.39 Å². The van der Waals surface area contributed by atoms with Crippen molar-refractivity contribution in [2.24, 2.45) is 0 Å². The van der Waals surface area contributed by atoms with Crippen LogP contribution in [0.5, 0.6) is 0 Å². The lowest BCUT2D eigenvalue weighted by Crippen LogP contribution is -2.08. The second kappa shape index (κ2) is 5.16. The molecule has 3 heteroatoms. The third-order valence-electron chi connectivity index (χ3n) is 1.86. The van der Waals surface area contributed by atoms with Crippen LogP contribution in [0.2, 0.25) is 0 Å². The van der Waals surface area contributed by atoms with Gasteiger partial charge in [0.25, 0.3) is 0 Å². The molecule has 0 heterocycles. The molecular weight excluding hydrogens is 195 g/mol. The minimum atomic E-state index is -0.474. The zero-order valence-electron chi connectivity index (χ0n) is 8.42. The molecular formula is C12H11FO2. The Morgan fingerprint density at radius 1 is 1.60 bits per heavy atom. The molecule has 0 N–H and O–H groups in total. The van der Waals surface area contributed by atoms with Gasteiger partial charge in [0.1, 0.15) is 5.82 Å². The lowest BCUT2D eigenvalue weighted by molar-refractivity contribution is -0.142. The van der Waals surface area contributed by atoms with E-state index in [0.717, 1.165) is 0 Å². The van der Waals surface area contributed by atoms with Gasteiger partial charge >= 0.3 is 5.97 Å². The Bertz CT molecular complexity index is 405. The van der Waals surface area contributed by atoms with Crippen molar-refractivity contribution in [1.82, 2.24) is 0 Å². The van der Waals surface area contributed by atoms with Crippen molar-refractivity contribution in [3.8, 4) is 12.3 Å². The Kier molecular flexibility index (Phi) is 3.87. The summed E-state index contributed by atoms with van der Waals surface area (Å²) in [7, 11) is 0. The molecule has 0 spiro atoms. The molecule has 0 atom stereocenters. The average molecular weight is 206 g/mol. The molecule has 0 saturated heterocycles. The van der Waals surface area contributed by atoms with Crippen LogP contribution in [0.3, 0.4) is 0 Å². The first-order valence-corrected chi connectivity index (χ1v) is 4.58. The summed E-state index contributed by atoms with van der Waals surface area (Å²) in [5.41, 5.74) is 0.757. The highest BCUT2D eigenvalue weighted by Crippen LogP contribution is 2.11. The van der Waals surface area contributed by atoms with Crippen LogP contribution in [0.25, 0.3) is 0 Å². The Morgan fingerprint density at radius 2 is 2.33 bits per heavy atom. The minimum Gasteiger partial charge on any atom is -0.466 e. The summed E-state index contributed by atoms with van der Waals surface area (Å²) in [6.45, 7) is 2.00. The van der Waals surface area contributed by atoms with Crippen molar-refractivity contribution >= 4 is 5.97 Å². The molecule has 0 aromatic heterocycles. The van der Waals surface area contributed by atoms with E-state index in [9.17, 15) is 9.18 Å². The number of terminal acetylenes is 1. The lowest BCUT2D eigenvalue weighted by atomic mass is 10.1. The van der Waals surface area contributed by atoms with E-state index >= 15 is 0 Å². The standard InChI is InChI=1S/C12H11FO2/c1-3-9-5-6-10(11(13)7-9)8-12(14)15-4-2/h1,5-7H,4,8H2,2H3. The molecule has 2 nitrogen and oxygen atoms in total. The van der Waals surface area contributed by atoms with E-state index in [1.165, 1.54) is 12.1 Å². The monoisotopic (exact) mass is 206 g/mol. The van der Waals surface area contributed by atoms with Crippen molar-refractivity contribution in [3.05, 3.63) is 35.1 Å². The van der Waals surface area contributed by atoms with Gasteiger partial charge in [-0.1, -0.05) is 12.0 Å². The van der Waals surface area contributed by atoms with E-state index in [0.29, 0.717) is 17.7 Å². The Hall–Kier alpha value is -1.82. The second-order valence-corrected chi connectivity index (χ2v) is 2.93. The number of ether oxygens (including phenoxy) is 1. The molecule has 0 fully saturated rings. The predicted octanol–water partition coefficient (Wildman–Crippen LogP) is 1.91. The molecule has 0 aliphatic carbocycles. The van der Waals surface area contributed by atoms with Crippen LogP contribution in [0.15, 0.2) is 18.2 Å².